The molecule has 0 spiro atoms. The molecule has 3 rings (SSSR count). The zero-order valence-electron chi connectivity index (χ0n) is 17.6. The van der Waals surface area contributed by atoms with Gasteiger partial charge in [0.25, 0.3) is 11.7 Å². The molecule has 1 N–H and O–H groups in total. The van der Waals surface area contributed by atoms with Gasteiger partial charge in [-0.25, -0.2) is 0 Å². The summed E-state index contributed by atoms with van der Waals surface area (Å²) >= 11 is 12.1. The Labute approximate surface area is 191 Å². The fourth-order valence-corrected chi connectivity index (χ4v) is 3.77. The van der Waals surface area contributed by atoms with Crippen LogP contribution in [-0.4, -0.2) is 60.4 Å². The summed E-state index contributed by atoms with van der Waals surface area (Å²) in [6.45, 7) is 3.31. The number of halogens is 2. The minimum Gasteiger partial charge on any atom is -0.507 e. The lowest BCUT2D eigenvalue weighted by atomic mass is 9.95. The fourth-order valence-electron chi connectivity index (χ4n) is 3.48. The number of carbonyl (C=O) groups is 2. The standard InChI is InChI=1S/C23H24Cl2N2O4/c1-4-31-16-8-5-14(6-9-16)20-19(21(28)15-7-10-17(24)18(25)13-15)22(29)23(30)27(20)12-11-26(2)3/h5-10,13,20,28H,4,11-12H2,1-3H3/b21-19-. The number of hydrogen-bond acceptors (Lipinski definition) is 5. The highest BCUT2D eigenvalue weighted by Gasteiger charge is 2.45. The monoisotopic (exact) mass is 462 g/mol. The van der Waals surface area contributed by atoms with E-state index in [1.807, 2.05) is 25.9 Å². The van der Waals surface area contributed by atoms with E-state index in [0.717, 1.165) is 0 Å². The molecule has 0 aliphatic carbocycles. The topological polar surface area (TPSA) is 70.1 Å². The molecule has 1 fully saturated rings. The van der Waals surface area contributed by atoms with E-state index in [-0.39, 0.29) is 16.4 Å². The summed E-state index contributed by atoms with van der Waals surface area (Å²) in [7, 11) is 3.77. The van der Waals surface area contributed by atoms with Gasteiger partial charge in [0.1, 0.15) is 11.5 Å². The van der Waals surface area contributed by atoms with Gasteiger partial charge in [-0.2, -0.15) is 0 Å². The zero-order valence-corrected chi connectivity index (χ0v) is 19.1. The third-order valence-electron chi connectivity index (χ3n) is 5.03. The van der Waals surface area contributed by atoms with Gasteiger partial charge in [0.2, 0.25) is 0 Å². The van der Waals surface area contributed by atoms with Crippen LogP contribution in [0.5, 0.6) is 5.75 Å². The Morgan fingerprint density at radius 1 is 1.10 bits per heavy atom. The Morgan fingerprint density at radius 2 is 1.77 bits per heavy atom. The highest BCUT2D eigenvalue weighted by Crippen LogP contribution is 2.40. The van der Waals surface area contributed by atoms with Crippen molar-refractivity contribution in [2.75, 3.05) is 33.8 Å². The lowest BCUT2D eigenvalue weighted by molar-refractivity contribution is -0.140. The SMILES string of the molecule is CCOc1ccc(C2/C(=C(/O)c3ccc(Cl)c(Cl)c3)C(=O)C(=O)N2CCN(C)C)cc1. The number of aliphatic hydroxyl groups is 1. The number of ketones is 1. The normalized spacial score (nSPS) is 18.1. The number of amides is 1. The summed E-state index contributed by atoms with van der Waals surface area (Å²) in [4.78, 5) is 29.3. The zero-order chi connectivity index (χ0) is 22.7. The van der Waals surface area contributed by atoms with Crippen LogP contribution in [0.15, 0.2) is 48.0 Å². The molecule has 0 bridgehead atoms. The molecule has 1 amide bonds. The maximum Gasteiger partial charge on any atom is 0.295 e. The molecule has 2 aromatic carbocycles. The fraction of sp³-hybridized carbons (Fsp3) is 0.304. The number of benzene rings is 2. The van der Waals surface area contributed by atoms with Gasteiger partial charge in [0, 0.05) is 18.7 Å². The molecule has 1 aliphatic heterocycles. The van der Waals surface area contributed by atoms with Gasteiger partial charge in [-0.1, -0.05) is 35.3 Å². The molecule has 164 valence electrons. The molecule has 8 heteroatoms. The number of hydrogen-bond donors (Lipinski definition) is 1. The van der Waals surface area contributed by atoms with E-state index in [2.05, 4.69) is 0 Å². The Balaban J connectivity index is 2.12. The van der Waals surface area contributed by atoms with Gasteiger partial charge in [-0.05, 0) is 56.9 Å². The van der Waals surface area contributed by atoms with E-state index in [1.54, 1.807) is 30.3 Å². The predicted octanol–water partition coefficient (Wildman–Crippen LogP) is 4.38. The highest BCUT2D eigenvalue weighted by molar-refractivity contribution is 6.46. The van der Waals surface area contributed by atoms with E-state index < -0.39 is 17.7 Å². The second-order valence-electron chi connectivity index (χ2n) is 7.43. The summed E-state index contributed by atoms with van der Waals surface area (Å²) < 4.78 is 5.50. The molecule has 1 aliphatic rings. The van der Waals surface area contributed by atoms with Gasteiger partial charge < -0.3 is 19.6 Å². The van der Waals surface area contributed by atoms with Crippen molar-refractivity contribution < 1.29 is 19.4 Å². The Bertz CT molecular complexity index is 1020. The number of Topliss-reactive ketones (excluding diaryl/α,β-unsaturated/α-hetero) is 1. The van der Waals surface area contributed by atoms with Crippen LogP contribution >= 0.6 is 23.2 Å². The number of likely N-dealkylation sites (tertiary alicyclic amines) is 1. The Kier molecular flexibility index (Phi) is 7.26. The number of nitrogens with zero attached hydrogens (tertiary/aromatic N) is 2. The van der Waals surface area contributed by atoms with E-state index in [1.165, 1.54) is 17.0 Å². The first-order chi connectivity index (χ1) is 14.7. The molecule has 1 atom stereocenters. The number of rotatable bonds is 7. The summed E-state index contributed by atoms with van der Waals surface area (Å²) in [6.07, 6.45) is 0. The van der Waals surface area contributed by atoms with Crippen molar-refractivity contribution in [3.63, 3.8) is 0 Å². The van der Waals surface area contributed by atoms with Crippen LogP contribution in [0.25, 0.3) is 5.76 Å². The molecule has 2 aromatic rings. The van der Waals surface area contributed by atoms with Gasteiger partial charge in [0.15, 0.2) is 0 Å². The third-order valence-corrected chi connectivity index (χ3v) is 5.77. The molecule has 1 heterocycles. The molecule has 0 saturated carbocycles. The number of ether oxygens (including phenoxy) is 1. The van der Waals surface area contributed by atoms with Crippen LogP contribution in [0, 0.1) is 0 Å². The van der Waals surface area contributed by atoms with Crippen molar-refractivity contribution in [1.82, 2.24) is 9.80 Å². The van der Waals surface area contributed by atoms with Crippen molar-refractivity contribution in [2.24, 2.45) is 0 Å². The van der Waals surface area contributed by atoms with Crippen molar-refractivity contribution >= 4 is 40.7 Å². The van der Waals surface area contributed by atoms with Crippen LogP contribution < -0.4 is 4.74 Å². The van der Waals surface area contributed by atoms with Crippen LogP contribution in [0.2, 0.25) is 10.0 Å². The predicted molar refractivity (Wildman–Crippen MR) is 122 cm³/mol. The molecule has 1 unspecified atom stereocenters. The first kappa shape index (κ1) is 23.1. The average Bonchev–Trinajstić information content (AvgIpc) is 2.99. The van der Waals surface area contributed by atoms with E-state index in [0.29, 0.717) is 41.6 Å². The van der Waals surface area contributed by atoms with Crippen LogP contribution in [0.1, 0.15) is 24.1 Å². The van der Waals surface area contributed by atoms with Crippen molar-refractivity contribution in [3.05, 3.63) is 69.2 Å². The van der Waals surface area contributed by atoms with Gasteiger partial charge in [0.05, 0.1) is 28.3 Å². The van der Waals surface area contributed by atoms with Crippen molar-refractivity contribution in [3.8, 4) is 5.75 Å². The van der Waals surface area contributed by atoms with E-state index in [4.69, 9.17) is 27.9 Å². The van der Waals surface area contributed by atoms with Gasteiger partial charge in [-0.3, -0.25) is 9.59 Å². The lowest BCUT2D eigenvalue weighted by Crippen LogP contribution is -2.35. The van der Waals surface area contributed by atoms with E-state index >= 15 is 0 Å². The van der Waals surface area contributed by atoms with Gasteiger partial charge >= 0.3 is 0 Å². The Hall–Kier alpha value is -2.54. The smallest absolute Gasteiger partial charge is 0.295 e. The molecule has 0 radical (unpaired) electrons. The van der Waals surface area contributed by atoms with Crippen LogP contribution in [0.4, 0.5) is 0 Å². The molecule has 31 heavy (non-hydrogen) atoms. The minimum atomic E-state index is -0.735. The average molecular weight is 463 g/mol. The quantitative estimate of drug-likeness (QED) is 0.375. The largest absolute Gasteiger partial charge is 0.507 e. The third kappa shape index (κ3) is 4.87. The maximum atomic E-state index is 13.0. The number of aliphatic hydroxyl groups excluding tert-OH is 1. The van der Waals surface area contributed by atoms with Crippen molar-refractivity contribution in [2.45, 2.75) is 13.0 Å². The van der Waals surface area contributed by atoms with Crippen LogP contribution in [0.3, 0.4) is 0 Å². The second-order valence-corrected chi connectivity index (χ2v) is 8.24. The summed E-state index contributed by atoms with van der Waals surface area (Å²) in [5.74, 6) is -0.993. The number of carbonyl (C=O) groups excluding carboxylic acids is 2. The minimum absolute atomic E-state index is 0.0197. The summed E-state index contributed by atoms with van der Waals surface area (Å²) in [5.41, 5.74) is 1.03. The first-order valence-corrected chi connectivity index (χ1v) is 10.6. The van der Waals surface area contributed by atoms with Crippen molar-refractivity contribution in [1.29, 1.82) is 0 Å². The molecule has 1 saturated heterocycles. The second kappa shape index (κ2) is 9.73. The van der Waals surface area contributed by atoms with Crippen LogP contribution in [-0.2, 0) is 9.59 Å². The maximum absolute atomic E-state index is 13.0. The summed E-state index contributed by atoms with van der Waals surface area (Å²) in [6, 6.07) is 11.0. The number of likely N-dealkylation sites (N-methyl/N-ethyl adjacent to an activating group) is 1. The molecule has 6 nitrogen and oxygen atoms in total. The molecule has 0 aromatic heterocycles. The van der Waals surface area contributed by atoms with Gasteiger partial charge in [-0.15, -0.1) is 0 Å². The Morgan fingerprint density at radius 3 is 2.35 bits per heavy atom. The molecular weight excluding hydrogens is 439 g/mol. The highest BCUT2D eigenvalue weighted by atomic mass is 35.5. The summed E-state index contributed by atoms with van der Waals surface area (Å²) in [5, 5.41) is 11.6. The lowest BCUT2D eigenvalue weighted by Gasteiger charge is -2.26. The molecular formula is C23H24Cl2N2O4. The van der Waals surface area contributed by atoms with E-state index in [9.17, 15) is 14.7 Å². The first-order valence-electron chi connectivity index (χ1n) is 9.86.